The van der Waals surface area contributed by atoms with E-state index in [-0.39, 0.29) is 17.8 Å². The van der Waals surface area contributed by atoms with Crippen LogP contribution in [-0.4, -0.2) is 26.7 Å². The van der Waals surface area contributed by atoms with E-state index in [2.05, 4.69) is 15.4 Å². The van der Waals surface area contributed by atoms with Crippen LogP contribution in [0.3, 0.4) is 0 Å². The fourth-order valence-corrected chi connectivity index (χ4v) is 1.52. The van der Waals surface area contributed by atoms with Gasteiger partial charge in [0.15, 0.2) is 5.82 Å². The van der Waals surface area contributed by atoms with Gasteiger partial charge in [0.05, 0.1) is 11.9 Å². The molecule has 3 N–H and O–H groups in total. The van der Waals surface area contributed by atoms with E-state index in [1.165, 1.54) is 4.68 Å². The summed E-state index contributed by atoms with van der Waals surface area (Å²) in [7, 11) is 0. The van der Waals surface area contributed by atoms with E-state index >= 15 is 0 Å². The molecule has 0 spiro atoms. The number of anilines is 1. The van der Waals surface area contributed by atoms with Crippen LogP contribution in [0.25, 0.3) is 5.69 Å². The van der Waals surface area contributed by atoms with Crippen molar-refractivity contribution in [1.82, 2.24) is 20.1 Å². The molecular formula is C12H15N5O. The van der Waals surface area contributed by atoms with E-state index in [4.69, 9.17) is 5.73 Å². The lowest BCUT2D eigenvalue weighted by molar-refractivity contribution is 0.0944. The van der Waals surface area contributed by atoms with Crippen molar-refractivity contribution in [2.45, 2.75) is 19.9 Å². The summed E-state index contributed by atoms with van der Waals surface area (Å²) < 4.78 is 1.54. The average molecular weight is 245 g/mol. The summed E-state index contributed by atoms with van der Waals surface area (Å²) in [5.74, 6) is -0.0188. The molecule has 2 aromatic heterocycles. The minimum atomic E-state index is -0.224. The van der Waals surface area contributed by atoms with Gasteiger partial charge in [0, 0.05) is 18.4 Å². The number of carbonyl (C=O) groups is 1. The third kappa shape index (κ3) is 2.48. The van der Waals surface area contributed by atoms with Gasteiger partial charge >= 0.3 is 0 Å². The van der Waals surface area contributed by atoms with Crippen molar-refractivity contribution < 1.29 is 4.79 Å². The van der Waals surface area contributed by atoms with Crippen LogP contribution in [0.15, 0.2) is 30.7 Å². The molecule has 1 amide bonds. The Bertz CT molecular complexity index is 547. The van der Waals surface area contributed by atoms with Gasteiger partial charge in [-0.15, -0.1) is 5.10 Å². The number of hydrogen-bond donors (Lipinski definition) is 2. The van der Waals surface area contributed by atoms with Crippen molar-refractivity contribution >= 4 is 11.7 Å². The molecule has 0 radical (unpaired) electrons. The molecule has 2 aromatic rings. The van der Waals surface area contributed by atoms with Crippen molar-refractivity contribution in [3.63, 3.8) is 0 Å². The van der Waals surface area contributed by atoms with Crippen molar-refractivity contribution in [3.8, 4) is 5.69 Å². The van der Waals surface area contributed by atoms with Crippen molar-refractivity contribution in [2.75, 3.05) is 5.73 Å². The summed E-state index contributed by atoms with van der Waals surface area (Å²) in [5, 5.41) is 6.88. The minimum Gasteiger partial charge on any atom is -0.382 e. The second-order valence-corrected chi connectivity index (χ2v) is 4.21. The minimum absolute atomic E-state index is 0.0543. The molecule has 18 heavy (non-hydrogen) atoms. The van der Waals surface area contributed by atoms with Gasteiger partial charge in [0.25, 0.3) is 5.91 Å². The van der Waals surface area contributed by atoms with Crippen LogP contribution >= 0.6 is 0 Å². The topological polar surface area (TPSA) is 85.8 Å². The Labute approximate surface area is 105 Å². The lowest BCUT2D eigenvalue weighted by Gasteiger charge is -2.06. The zero-order chi connectivity index (χ0) is 13.1. The van der Waals surface area contributed by atoms with E-state index in [9.17, 15) is 4.79 Å². The van der Waals surface area contributed by atoms with Crippen LogP contribution in [0.5, 0.6) is 0 Å². The van der Waals surface area contributed by atoms with Gasteiger partial charge in [-0.3, -0.25) is 9.78 Å². The molecule has 0 aliphatic rings. The van der Waals surface area contributed by atoms with Gasteiger partial charge in [0.1, 0.15) is 5.56 Å². The Morgan fingerprint density at radius 1 is 1.50 bits per heavy atom. The van der Waals surface area contributed by atoms with E-state index in [1.807, 2.05) is 19.9 Å². The predicted octanol–water partition coefficient (Wildman–Crippen LogP) is 0.988. The largest absolute Gasteiger partial charge is 0.382 e. The molecule has 2 heterocycles. The Hall–Kier alpha value is -2.37. The smallest absolute Gasteiger partial charge is 0.256 e. The molecule has 0 atom stereocenters. The summed E-state index contributed by atoms with van der Waals surface area (Å²) in [5.41, 5.74) is 6.87. The van der Waals surface area contributed by atoms with E-state index < -0.39 is 0 Å². The van der Waals surface area contributed by atoms with Crippen molar-refractivity contribution in [3.05, 3.63) is 36.3 Å². The number of hydrogen-bond acceptors (Lipinski definition) is 4. The first-order valence-corrected chi connectivity index (χ1v) is 5.64. The second kappa shape index (κ2) is 4.87. The SMILES string of the molecule is CC(C)NC(=O)c1cn(-c2cccnc2)nc1N. The molecule has 0 aliphatic heterocycles. The van der Waals surface area contributed by atoms with Crippen LogP contribution in [-0.2, 0) is 0 Å². The summed E-state index contributed by atoms with van der Waals surface area (Å²) in [4.78, 5) is 15.9. The van der Waals surface area contributed by atoms with Crippen LogP contribution in [0.2, 0.25) is 0 Å². The molecule has 0 bridgehead atoms. The molecule has 0 saturated heterocycles. The Kier molecular flexibility index (Phi) is 3.27. The highest BCUT2D eigenvalue weighted by molar-refractivity contribution is 5.98. The van der Waals surface area contributed by atoms with E-state index in [1.54, 1.807) is 24.7 Å². The van der Waals surface area contributed by atoms with Gasteiger partial charge in [0.2, 0.25) is 0 Å². The summed E-state index contributed by atoms with van der Waals surface area (Å²) in [6.45, 7) is 3.78. The quantitative estimate of drug-likeness (QED) is 0.844. The number of pyridine rings is 1. The molecule has 6 nitrogen and oxygen atoms in total. The highest BCUT2D eigenvalue weighted by Crippen LogP contribution is 2.13. The molecular weight excluding hydrogens is 230 g/mol. The summed E-state index contributed by atoms with van der Waals surface area (Å²) in [6.07, 6.45) is 4.92. The third-order valence-corrected chi connectivity index (χ3v) is 2.32. The number of amides is 1. The zero-order valence-corrected chi connectivity index (χ0v) is 10.3. The number of nitrogens with zero attached hydrogens (tertiary/aromatic N) is 3. The maximum Gasteiger partial charge on any atom is 0.256 e. The standard InChI is InChI=1S/C12H15N5O/c1-8(2)15-12(18)10-7-17(16-11(10)13)9-4-3-5-14-6-9/h3-8H,1-2H3,(H2,13,16)(H,15,18). The number of aromatic nitrogens is 3. The molecule has 0 aliphatic carbocycles. The van der Waals surface area contributed by atoms with Gasteiger partial charge in [-0.25, -0.2) is 4.68 Å². The van der Waals surface area contributed by atoms with Crippen molar-refractivity contribution in [1.29, 1.82) is 0 Å². The summed E-state index contributed by atoms with van der Waals surface area (Å²) in [6, 6.07) is 3.68. The van der Waals surface area contributed by atoms with Gasteiger partial charge in [-0.05, 0) is 26.0 Å². The second-order valence-electron chi connectivity index (χ2n) is 4.21. The molecule has 2 rings (SSSR count). The zero-order valence-electron chi connectivity index (χ0n) is 10.3. The first-order valence-electron chi connectivity index (χ1n) is 5.64. The normalized spacial score (nSPS) is 10.6. The highest BCUT2D eigenvalue weighted by Gasteiger charge is 2.15. The van der Waals surface area contributed by atoms with Crippen LogP contribution in [0, 0.1) is 0 Å². The Morgan fingerprint density at radius 3 is 2.89 bits per heavy atom. The highest BCUT2D eigenvalue weighted by atomic mass is 16.1. The number of carbonyl (C=O) groups excluding carboxylic acids is 1. The van der Waals surface area contributed by atoms with Crippen LogP contribution < -0.4 is 11.1 Å². The van der Waals surface area contributed by atoms with E-state index in [0.29, 0.717) is 5.56 Å². The average Bonchev–Trinajstić information content (AvgIpc) is 2.72. The maximum atomic E-state index is 11.9. The van der Waals surface area contributed by atoms with Gasteiger partial charge in [-0.1, -0.05) is 0 Å². The lowest BCUT2D eigenvalue weighted by Crippen LogP contribution is -2.30. The number of nitrogen functional groups attached to an aromatic ring is 1. The Balaban J connectivity index is 2.30. The fraction of sp³-hybridized carbons (Fsp3) is 0.250. The Morgan fingerprint density at radius 2 is 2.28 bits per heavy atom. The maximum absolute atomic E-state index is 11.9. The van der Waals surface area contributed by atoms with Gasteiger partial charge < -0.3 is 11.1 Å². The number of nitrogens with one attached hydrogen (secondary N) is 1. The number of rotatable bonds is 3. The fourth-order valence-electron chi connectivity index (χ4n) is 1.52. The monoisotopic (exact) mass is 245 g/mol. The van der Waals surface area contributed by atoms with Crippen LogP contribution in [0.1, 0.15) is 24.2 Å². The molecule has 0 unspecified atom stereocenters. The van der Waals surface area contributed by atoms with Crippen molar-refractivity contribution in [2.24, 2.45) is 0 Å². The molecule has 0 fully saturated rings. The van der Waals surface area contributed by atoms with Gasteiger partial charge in [-0.2, -0.15) is 0 Å². The molecule has 0 aromatic carbocycles. The molecule has 0 saturated carbocycles. The van der Waals surface area contributed by atoms with E-state index in [0.717, 1.165) is 5.69 Å². The molecule has 6 heteroatoms. The predicted molar refractivity (Wildman–Crippen MR) is 68.4 cm³/mol. The first-order chi connectivity index (χ1) is 8.58. The van der Waals surface area contributed by atoms with Crippen LogP contribution in [0.4, 0.5) is 5.82 Å². The summed E-state index contributed by atoms with van der Waals surface area (Å²) >= 11 is 0. The third-order valence-electron chi connectivity index (χ3n) is 2.32. The first kappa shape index (κ1) is 12.1. The lowest BCUT2D eigenvalue weighted by atomic mass is 10.3. The number of nitrogens with two attached hydrogens (primary N) is 1. The molecule has 94 valence electrons.